The molecule has 2 rings (SSSR count). The van der Waals surface area contributed by atoms with Crippen LogP contribution in [0.5, 0.6) is 5.75 Å². The Bertz CT molecular complexity index is 589. The highest BCUT2D eigenvalue weighted by atomic mass is 19.1. The van der Waals surface area contributed by atoms with Gasteiger partial charge >= 0.3 is 5.97 Å². The zero-order valence-corrected chi connectivity index (χ0v) is 10.5. The highest BCUT2D eigenvalue weighted by Gasteiger charge is 2.03. The number of benzene rings is 2. The minimum atomic E-state index is -0.899. The highest BCUT2D eigenvalue weighted by Crippen LogP contribution is 2.17. The number of ether oxygens (including phenoxy) is 1. The SMILES string of the molecule is O=C(O)Cc1ccc(COc2cc(F)cc(F)c2)cc1. The van der Waals surface area contributed by atoms with E-state index in [1.807, 2.05) is 0 Å². The molecular formula is C15H12F2O3. The molecule has 0 aromatic heterocycles. The Morgan fingerprint density at radius 1 is 1.00 bits per heavy atom. The van der Waals surface area contributed by atoms with Crippen LogP contribution in [0.25, 0.3) is 0 Å². The minimum absolute atomic E-state index is 0.0454. The van der Waals surface area contributed by atoms with Gasteiger partial charge in [0.15, 0.2) is 0 Å². The van der Waals surface area contributed by atoms with Crippen LogP contribution in [-0.4, -0.2) is 11.1 Å². The van der Waals surface area contributed by atoms with Crippen molar-refractivity contribution < 1.29 is 23.4 Å². The number of carboxylic acid groups (broad SMARTS) is 1. The lowest BCUT2D eigenvalue weighted by molar-refractivity contribution is -0.136. The molecule has 2 aromatic carbocycles. The van der Waals surface area contributed by atoms with Gasteiger partial charge in [0, 0.05) is 18.2 Å². The lowest BCUT2D eigenvalue weighted by Crippen LogP contribution is -2.01. The molecule has 0 fully saturated rings. The highest BCUT2D eigenvalue weighted by molar-refractivity contribution is 5.70. The summed E-state index contributed by atoms with van der Waals surface area (Å²) in [5.41, 5.74) is 1.46. The maximum Gasteiger partial charge on any atom is 0.307 e. The summed E-state index contributed by atoms with van der Waals surface area (Å²) in [5, 5.41) is 8.64. The number of halogens is 2. The Labute approximate surface area is 114 Å². The third-order valence-electron chi connectivity index (χ3n) is 2.62. The van der Waals surface area contributed by atoms with Gasteiger partial charge in [0.05, 0.1) is 6.42 Å². The van der Waals surface area contributed by atoms with E-state index in [1.165, 1.54) is 0 Å². The zero-order chi connectivity index (χ0) is 14.5. The van der Waals surface area contributed by atoms with Gasteiger partial charge in [-0.1, -0.05) is 24.3 Å². The third kappa shape index (κ3) is 4.05. The van der Waals surface area contributed by atoms with Crippen LogP contribution in [-0.2, 0) is 17.8 Å². The van der Waals surface area contributed by atoms with E-state index in [0.717, 1.165) is 23.8 Å². The van der Waals surface area contributed by atoms with Crippen molar-refractivity contribution in [2.24, 2.45) is 0 Å². The number of hydrogen-bond donors (Lipinski definition) is 1. The summed E-state index contributed by atoms with van der Waals surface area (Å²) < 4.78 is 31.2. The van der Waals surface area contributed by atoms with Gasteiger partial charge in [-0.3, -0.25) is 4.79 Å². The zero-order valence-electron chi connectivity index (χ0n) is 10.5. The van der Waals surface area contributed by atoms with Crippen molar-refractivity contribution in [3.8, 4) is 5.75 Å². The van der Waals surface area contributed by atoms with Crippen molar-refractivity contribution in [2.45, 2.75) is 13.0 Å². The van der Waals surface area contributed by atoms with Crippen LogP contribution >= 0.6 is 0 Å². The standard InChI is InChI=1S/C15H12F2O3/c16-12-6-13(17)8-14(7-12)20-9-11-3-1-10(2-4-11)5-15(18)19/h1-4,6-8H,5,9H2,(H,18,19). The molecule has 5 heteroatoms. The second kappa shape index (κ2) is 6.14. The van der Waals surface area contributed by atoms with Crippen LogP contribution in [0, 0.1) is 11.6 Å². The summed E-state index contributed by atoms with van der Waals surface area (Å²) in [6, 6.07) is 9.76. The van der Waals surface area contributed by atoms with Gasteiger partial charge < -0.3 is 9.84 Å². The normalized spacial score (nSPS) is 10.3. The Morgan fingerprint density at radius 3 is 2.10 bits per heavy atom. The minimum Gasteiger partial charge on any atom is -0.489 e. The molecule has 0 amide bonds. The molecular weight excluding hydrogens is 266 g/mol. The van der Waals surface area contributed by atoms with Gasteiger partial charge in [0.25, 0.3) is 0 Å². The van der Waals surface area contributed by atoms with Crippen molar-refractivity contribution in [3.63, 3.8) is 0 Å². The molecule has 0 bridgehead atoms. The molecule has 20 heavy (non-hydrogen) atoms. The summed E-state index contributed by atoms with van der Waals surface area (Å²) in [7, 11) is 0. The van der Waals surface area contributed by atoms with E-state index < -0.39 is 17.6 Å². The fraction of sp³-hybridized carbons (Fsp3) is 0.133. The van der Waals surface area contributed by atoms with Crippen LogP contribution < -0.4 is 4.74 Å². The molecule has 0 aliphatic rings. The molecule has 0 aliphatic heterocycles. The lowest BCUT2D eigenvalue weighted by Gasteiger charge is -2.07. The third-order valence-corrected chi connectivity index (χ3v) is 2.62. The second-order valence-electron chi connectivity index (χ2n) is 4.28. The fourth-order valence-electron chi connectivity index (χ4n) is 1.71. The van der Waals surface area contributed by atoms with Gasteiger partial charge in [-0.25, -0.2) is 8.78 Å². The van der Waals surface area contributed by atoms with Gasteiger partial charge in [-0.05, 0) is 11.1 Å². The van der Waals surface area contributed by atoms with E-state index in [-0.39, 0.29) is 18.8 Å². The van der Waals surface area contributed by atoms with Crippen molar-refractivity contribution >= 4 is 5.97 Å². The summed E-state index contributed by atoms with van der Waals surface area (Å²) in [6.07, 6.45) is -0.0454. The lowest BCUT2D eigenvalue weighted by atomic mass is 10.1. The quantitative estimate of drug-likeness (QED) is 0.913. The van der Waals surface area contributed by atoms with Gasteiger partial charge in [0.2, 0.25) is 0 Å². The maximum absolute atomic E-state index is 13.0. The van der Waals surface area contributed by atoms with Crippen LogP contribution in [0.1, 0.15) is 11.1 Å². The molecule has 1 N–H and O–H groups in total. The van der Waals surface area contributed by atoms with Crippen LogP contribution in [0.3, 0.4) is 0 Å². The van der Waals surface area contributed by atoms with Crippen molar-refractivity contribution in [3.05, 3.63) is 65.2 Å². The van der Waals surface area contributed by atoms with E-state index in [2.05, 4.69) is 0 Å². The van der Waals surface area contributed by atoms with Crippen LogP contribution in [0.4, 0.5) is 8.78 Å². The second-order valence-corrected chi connectivity index (χ2v) is 4.28. The largest absolute Gasteiger partial charge is 0.489 e. The molecule has 0 spiro atoms. The number of aliphatic carboxylic acids is 1. The molecule has 0 saturated carbocycles. The summed E-state index contributed by atoms with van der Waals surface area (Å²) in [6.45, 7) is 0.149. The summed E-state index contributed by atoms with van der Waals surface area (Å²) >= 11 is 0. The van der Waals surface area contributed by atoms with Gasteiger partial charge in [-0.15, -0.1) is 0 Å². The van der Waals surface area contributed by atoms with Gasteiger partial charge in [-0.2, -0.15) is 0 Å². The van der Waals surface area contributed by atoms with Crippen molar-refractivity contribution in [2.75, 3.05) is 0 Å². The predicted octanol–water partition coefficient (Wildman–Crippen LogP) is 3.17. The van der Waals surface area contributed by atoms with Crippen molar-refractivity contribution in [1.82, 2.24) is 0 Å². The Morgan fingerprint density at radius 2 is 1.55 bits per heavy atom. The number of hydrogen-bond acceptors (Lipinski definition) is 2. The molecule has 0 radical (unpaired) electrons. The molecule has 0 unspecified atom stereocenters. The molecule has 0 aliphatic carbocycles. The average molecular weight is 278 g/mol. The average Bonchev–Trinajstić information content (AvgIpc) is 2.36. The first-order valence-electron chi connectivity index (χ1n) is 5.91. The molecule has 0 saturated heterocycles. The molecule has 3 nitrogen and oxygen atoms in total. The first kappa shape index (κ1) is 14.0. The van der Waals surface area contributed by atoms with E-state index in [4.69, 9.17) is 9.84 Å². The topological polar surface area (TPSA) is 46.5 Å². The monoisotopic (exact) mass is 278 g/mol. The number of carboxylic acids is 1. The fourth-order valence-corrected chi connectivity index (χ4v) is 1.71. The Kier molecular flexibility index (Phi) is 4.30. The van der Waals surface area contributed by atoms with E-state index in [1.54, 1.807) is 24.3 Å². The molecule has 0 heterocycles. The maximum atomic E-state index is 13.0. The van der Waals surface area contributed by atoms with E-state index in [0.29, 0.717) is 5.56 Å². The summed E-state index contributed by atoms with van der Waals surface area (Å²) in [4.78, 5) is 10.5. The number of carbonyl (C=O) groups is 1. The van der Waals surface area contributed by atoms with E-state index in [9.17, 15) is 13.6 Å². The molecule has 2 aromatic rings. The Balaban J connectivity index is 1.98. The van der Waals surface area contributed by atoms with E-state index >= 15 is 0 Å². The smallest absolute Gasteiger partial charge is 0.307 e. The predicted molar refractivity (Wildman–Crippen MR) is 68.5 cm³/mol. The first-order chi connectivity index (χ1) is 9.52. The summed E-state index contributed by atoms with van der Waals surface area (Å²) in [5.74, 6) is -2.19. The van der Waals surface area contributed by atoms with Gasteiger partial charge in [0.1, 0.15) is 24.0 Å². The Hall–Kier alpha value is -2.43. The van der Waals surface area contributed by atoms with Crippen LogP contribution in [0.15, 0.2) is 42.5 Å². The first-order valence-corrected chi connectivity index (χ1v) is 5.91. The number of rotatable bonds is 5. The molecule has 0 atom stereocenters. The molecule has 104 valence electrons. The van der Waals surface area contributed by atoms with Crippen molar-refractivity contribution in [1.29, 1.82) is 0 Å². The van der Waals surface area contributed by atoms with Crippen LogP contribution in [0.2, 0.25) is 0 Å².